The maximum Gasteiger partial charge on any atom is 0.251 e. The van der Waals surface area contributed by atoms with Crippen molar-refractivity contribution >= 4 is 17.2 Å². The lowest BCUT2D eigenvalue weighted by Crippen LogP contribution is -2.22. The number of rotatable bonds is 5. The first-order chi connectivity index (χ1) is 13.7. The molecule has 0 unspecified atom stereocenters. The van der Waals surface area contributed by atoms with Gasteiger partial charge in [-0.2, -0.15) is 0 Å². The zero-order chi connectivity index (χ0) is 19.3. The number of thiazole rings is 1. The predicted octanol–water partition coefficient (Wildman–Crippen LogP) is 5.72. The van der Waals surface area contributed by atoms with Gasteiger partial charge in [0.05, 0.1) is 12.2 Å². The number of carbonyl (C=O) groups is 1. The van der Waals surface area contributed by atoms with Crippen molar-refractivity contribution in [3.05, 3.63) is 101 Å². The van der Waals surface area contributed by atoms with E-state index in [1.165, 1.54) is 5.56 Å². The Labute approximate surface area is 168 Å². The molecule has 0 saturated carbocycles. The van der Waals surface area contributed by atoms with Crippen molar-refractivity contribution in [3.63, 3.8) is 0 Å². The molecule has 1 heterocycles. The molecule has 1 aromatic heterocycles. The summed E-state index contributed by atoms with van der Waals surface area (Å²) in [4.78, 5) is 17.1. The van der Waals surface area contributed by atoms with Crippen molar-refractivity contribution < 1.29 is 4.79 Å². The minimum Gasteiger partial charge on any atom is -0.346 e. The molecule has 0 bridgehead atoms. The standard InChI is InChI=1S/C24H20N2OS/c1-17-7-5-6-10-22(17)24-26-21(16-28-24)15-25-23(27)20-13-11-19(12-14-20)18-8-3-2-4-9-18/h2-14,16H,15H2,1H3,(H,25,27). The lowest BCUT2D eigenvalue weighted by Gasteiger charge is -2.06. The first-order valence-electron chi connectivity index (χ1n) is 9.15. The summed E-state index contributed by atoms with van der Waals surface area (Å²) in [6, 6.07) is 26.0. The van der Waals surface area contributed by atoms with Gasteiger partial charge >= 0.3 is 0 Å². The SMILES string of the molecule is Cc1ccccc1-c1nc(CNC(=O)c2ccc(-c3ccccc3)cc2)cs1. The smallest absolute Gasteiger partial charge is 0.251 e. The third-order valence-corrected chi connectivity index (χ3v) is 5.54. The molecule has 4 heteroatoms. The molecule has 0 fully saturated rings. The average molecular weight is 385 g/mol. The molecule has 0 spiro atoms. The number of amides is 1. The van der Waals surface area contributed by atoms with E-state index in [9.17, 15) is 4.79 Å². The molecule has 1 N–H and O–H groups in total. The van der Waals surface area contributed by atoms with E-state index >= 15 is 0 Å². The van der Waals surface area contributed by atoms with E-state index in [-0.39, 0.29) is 5.91 Å². The van der Waals surface area contributed by atoms with E-state index in [1.807, 2.05) is 60.0 Å². The minimum absolute atomic E-state index is 0.0925. The van der Waals surface area contributed by atoms with Gasteiger partial charge in [-0.05, 0) is 35.7 Å². The summed E-state index contributed by atoms with van der Waals surface area (Å²) in [5, 5.41) is 5.94. The molecule has 0 saturated heterocycles. The summed E-state index contributed by atoms with van der Waals surface area (Å²) in [6.45, 7) is 2.50. The van der Waals surface area contributed by atoms with Crippen molar-refractivity contribution in [2.75, 3.05) is 0 Å². The molecule has 1 amide bonds. The van der Waals surface area contributed by atoms with Crippen LogP contribution in [0.5, 0.6) is 0 Å². The van der Waals surface area contributed by atoms with Gasteiger partial charge in [-0.1, -0.05) is 66.7 Å². The second kappa shape index (κ2) is 8.19. The molecule has 4 aromatic rings. The molecule has 3 nitrogen and oxygen atoms in total. The zero-order valence-corrected chi connectivity index (χ0v) is 16.4. The molecule has 0 aliphatic heterocycles. The lowest BCUT2D eigenvalue weighted by molar-refractivity contribution is 0.0950. The van der Waals surface area contributed by atoms with Gasteiger partial charge in [-0.3, -0.25) is 4.79 Å². The molecule has 0 atom stereocenters. The second-order valence-electron chi connectivity index (χ2n) is 6.58. The van der Waals surface area contributed by atoms with Gasteiger partial charge < -0.3 is 5.32 Å². The summed E-state index contributed by atoms with van der Waals surface area (Å²) in [5.74, 6) is -0.0925. The normalized spacial score (nSPS) is 10.6. The molecule has 0 aliphatic carbocycles. The van der Waals surface area contributed by atoms with Crippen LogP contribution in [0.25, 0.3) is 21.7 Å². The van der Waals surface area contributed by atoms with E-state index in [4.69, 9.17) is 0 Å². The van der Waals surface area contributed by atoms with Crippen LogP contribution in [0.2, 0.25) is 0 Å². The van der Waals surface area contributed by atoms with Crippen LogP contribution in [0.4, 0.5) is 0 Å². The number of carbonyl (C=O) groups excluding carboxylic acids is 1. The lowest BCUT2D eigenvalue weighted by atomic mass is 10.0. The number of aromatic nitrogens is 1. The topological polar surface area (TPSA) is 42.0 Å². The second-order valence-corrected chi connectivity index (χ2v) is 7.44. The van der Waals surface area contributed by atoms with Crippen molar-refractivity contribution in [1.29, 1.82) is 0 Å². The van der Waals surface area contributed by atoms with Crippen molar-refractivity contribution in [3.8, 4) is 21.7 Å². The fourth-order valence-corrected chi connectivity index (χ4v) is 3.95. The summed E-state index contributed by atoms with van der Waals surface area (Å²) in [7, 11) is 0. The van der Waals surface area contributed by atoms with E-state index in [0.717, 1.165) is 27.4 Å². The number of nitrogens with zero attached hydrogens (tertiary/aromatic N) is 1. The number of aryl methyl sites for hydroxylation is 1. The molecule has 138 valence electrons. The van der Waals surface area contributed by atoms with Crippen LogP contribution in [0, 0.1) is 6.92 Å². The fraction of sp³-hybridized carbons (Fsp3) is 0.0833. The Morgan fingerprint density at radius 1 is 0.893 bits per heavy atom. The van der Waals surface area contributed by atoms with E-state index in [2.05, 4.69) is 41.5 Å². The van der Waals surface area contributed by atoms with Gasteiger partial charge in [-0.15, -0.1) is 11.3 Å². The molecule has 0 radical (unpaired) electrons. The molecule has 3 aromatic carbocycles. The highest BCUT2D eigenvalue weighted by atomic mass is 32.1. The number of benzene rings is 3. The highest BCUT2D eigenvalue weighted by molar-refractivity contribution is 7.13. The number of nitrogens with one attached hydrogen (secondary N) is 1. The first-order valence-corrected chi connectivity index (χ1v) is 10.0. The van der Waals surface area contributed by atoms with Crippen LogP contribution >= 0.6 is 11.3 Å². The van der Waals surface area contributed by atoms with Crippen molar-refractivity contribution in [2.45, 2.75) is 13.5 Å². The number of hydrogen-bond donors (Lipinski definition) is 1. The van der Waals surface area contributed by atoms with Gasteiger partial charge in [0.15, 0.2) is 0 Å². The van der Waals surface area contributed by atoms with Crippen LogP contribution in [0.3, 0.4) is 0 Å². The van der Waals surface area contributed by atoms with E-state index < -0.39 is 0 Å². The predicted molar refractivity (Wildman–Crippen MR) is 115 cm³/mol. The average Bonchev–Trinajstić information content (AvgIpc) is 3.22. The third-order valence-electron chi connectivity index (χ3n) is 4.61. The molecular formula is C24H20N2OS. The van der Waals surface area contributed by atoms with Gasteiger partial charge in [0.25, 0.3) is 5.91 Å². The third kappa shape index (κ3) is 4.02. The molecule has 0 aliphatic rings. The Kier molecular flexibility index (Phi) is 5.31. The zero-order valence-electron chi connectivity index (χ0n) is 15.6. The van der Waals surface area contributed by atoms with E-state index in [0.29, 0.717) is 12.1 Å². The maximum absolute atomic E-state index is 12.5. The fourth-order valence-electron chi connectivity index (χ4n) is 3.04. The Bertz CT molecular complexity index is 1090. The van der Waals surface area contributed by atoms with Crippen LogP contribution in [0.1, 0.15) is 21.6 Å². The summed E-state index contributed by atoms with van der Waals surface area (Å²) in [6.07, 6.45) is 0. The van der Waals surface area contributed by atoms with Crippen LogP contribution in [-0.2, 0) is 6.54 Å². The molecular weight excluding hydrogens is 364 g/mol. The maximum atomic E-state index is 12.5. The Morgan fingerprint density at radius 2 is 1.57 bits per heavy atom. The van der Waals surface area contributed by atoms with Crippen LogP contribution < -0.4 is 5.32 Å². The van der Waals surface area contributed by atoms with Gasteiger partial charge in [-0.25, -0.2) is 4.98 Å². The summed E-state index contributed by atoms with van der Waals surface area (Å²) >= 11 is 1.60. The van der Waals surface area contributed by atoms with Gasteiger partial charge in [0, 0.05) is 16.5 Å². The Hall–Kier alpha value is -3.24. The Morgan fingerprint density at radius 3 is 2.32 bits per heavy atom. The highest BCUT2D eigenvalue weighted by Gasteiger charge is 2.10. The summed E-state index contributed by atoms with van der Waals surface area (Å²) < 4.78 is 0. The minimum atomic E-state index is -0.0925. The van der Waals surface area contributed by atoms with Crippen LogP contribution in [0.15, 0.2) is 84.2 Å². The number of hydrogen-bond acceptors (Lipinski definition) is 3. The largest absolute Gasteiger partial charge is 0.346 e. The summed E-state index contributed by atoms with van der Waals surface area (Å²) in [5.41, 5.74) is 6.10. The highest BCUT2D eigenvalue weighted by Crippen LogP contribution is 2.26. The quantitative estimate of drug-likeness (QED) is 0.478. The van der Waals surface area contributed by atoms with E-state index in [1.54, 1.807) is 11.3 Å². The monoisotopic (exact) mass is 384 g/mol. The van der Waals surface area contributed by atoms with Crippen LogP contribution in [-0.4, -0.2) is 10.9 Å². The Balaban J connectivity index is 1.40. The molecule has 4 rings (SSSR count). The molecule has 28 heavy (non-hydrogen) atoms. The first kappa shape index (κ1) is 18.1. The van der Waals surface area contributed by atoms with Gasteiger partial charge in [0.2, 0.25) is 0 Å². The van der Waals surface area contributed by atoms with Crippen molar-refractivity contribution in [1.82, 2.24) is 10.3 Å². The van der Waals surface area contributed by atoms with Crippen molar-refractivity contribution in [2.24, 2.45) is 0 Å². The van der Waals surface area contributed by atoms with Gasteiger partial charge in [0.1, 0.15) is 5.01 Å².